The Morgan fingerprint density at radius 2 is 2.00 bits per heavy atom. The predicted octanol–water partition coefficient (Wildman–Crippen LogP) is 2.52. The van der Waals surface area contributed by atoms with E-state index in [4.69, 9.17) is 11.6 Å². The molecule has 1 aromatic carbocycles. The van der Waals surface area contributed by atoms with Crippen LogP contribution in [0.5, 0.6) is 0 Å². The second-order valence-corrected chi connectivity index (χ2v) is 8.55. The van der Waals surface area contributed by atoms with Crippen molar-refractivity contribution in [2.45, 2.75) is 23.8 Å². The largest absolute Gasteiger partial charge is 0.317 e. The number of piperidine rings is 1. The third-order valence-corrected chi connectivity index (χ3v) is 6.61. The minimum Gasteiger partial charge on any atom is -0.317 e. The topological polar surface area (TPSA) is 49.4 Å². The van der Waals surface area contributed by atoms with Crippen LogP contribution in [0.1, 0.15) is 24.4 Å². The number of sulfone groups is 1. The van der Waals surface area contributed by atoms with Crippen molar-refractivity contribution in [3.05, 3.63) is 28.8 Å². The predicted molar refractivity (Wildman–Crippen MR) is 91.7 cm³/mol. The van der Waals surface area contributed by atoms with Crippen LogP contribution in [0.2, 0.25) is 5.02 Å². The van der Waals surface area contributed by atoms with Crippen LogP contribution < -0.4 is 5.32 Å². The van der Waals surface area contributed by atoms with Crippen LogP contribution in [0.3, 0.4) is 0 Å². The zero-order valence-corrected chi connectivity index (χ0v) is 15.0. The van der Waals surface area contributed by atoms with Crippen LogP contribution in [-0.2, 0) is 9.84 Å². The van der Waals surface area contributed by atoms with Gasteiger partial charge in [-0.2, -0.15) is 0 Å². The highest BCUT2D eigenvalue weighted by Crippen LogP contribution is 2.38. The molecule has 1 unspecified atom stereocenters. The van der Waals surface area contributed by atoms with Crippen LogP contribution in [-0.4, -0.2) is 45.8 Å². The Bertz CT molecular complexity index is 630. The summed E-state index contributed by atoms with van der Waals surface area (Å²) >= 11 is 6.06. The Balaban J connectivity index is 0.00000176. The molecule has 1 N–H and O–H groups in total. The number of rotatable bonds is 3. The number of benzene rings is 1. The van der Waals surface area contributed by atoms with Gasteiger partial charge in [0.25, 0.3) is 0 Å². The zero-order valence-electron chi connectivity index (χ0n) is 12.6. The monoisotopic (exact) mass is 364 g/mol. The summed E-state index contributed by atoms with van der Waals surface area (Å²) in [6, 6.07) is 5.04. The molecule has 124 valence electrons. The van der Waals surface area contributed by atoms with Gasteiger partial charge >= 0.3 is 0 Å². The summed E-state index contributed by atoms with van der Waals surface area (Å²) in [5.74, 6) is 0.812. The van der Waals surface area contributed by atoms with Gasteiger partial charge in [0.2, 0.25) is 0 Å². The smallest absolute Gasteiger partial charge is 0.180 e. The fourth-order valence-corrected chi connectivity index (χ4v) is 5.45. The molecule has 2 aliphatic rings. The van der Waals surface area contributed by atoms with E-state index in [-0.39, 0.29) is 24.2 Å². The normalized spacial score (nSPS) is 24.0. The first-order valence-corrected chi connectivity index (χ1v) is 9.43. The average molecular weight is 365 g/mol. The van der Waals surface area contributed by atoms with Crippen molar-refractivity contribution < 1.29 is 8.42 Å². The van der Waals surface area contributed by atoms with E-state index in [1.54, 1.807) is 12.1 Å². The number of halogens is 2. The molecule has 1 saturated heterocycles. The molecule has 0 radical (unpaired) electrons. The maximum atomic E-state index is 12.3. The minimum absolute atomic E-state index is 0. The molecule has 0 aromatic heterocycles. The molecule has 7 heteroatoms. The van der Waals surface area contributed by atoms with Crippen LogP contribution in [0.4, 0.5) is 0 Å². The highest BCUT2D eigenvalue weighted by molar-refractivity contribution is 7.91. The van der Waals surface area contributed by atoms with Gasteiger partial charge in [-0.3, -0.25) is 4.90 Å². The Morgan fingerprint density at radius 1 is 1.32 bits per heavy atom. The van der Waals surface area contributed by atoms with Gasteiger partial charge in [0, 0.05) is 11.6 Å². The van der Waals surface area contributed by atoms with E-state index in [9.17, 15) is 8.42 Å². The van der Waals surface area contributed by atoms with E-state index in [0.29, 0.717) is 15.8 Å². The molecule has 1 fully saturated rings. The molecule has 0 spiro atoms. The van der Waals surface area contributed by atoms with Gasteiger partial charge in [0.05, 0.1) is 16.7 Å². The number of hydrogen-bond donors (Lipinski definition) is 1. The lowest BCUT2D eigenvalue weighted by atomic mass is 9.96. The first-order chi connectivity index (χ1) is 9.97. The van der Waals surface area contributed by atoms with Crippen LogP contribution in [0.15, 0.2) is 23.1 Å². The van der Waals surface area contributed by atoms with Crippen molar-refractivity contribution >= 4 is 33.8 Å². The molecule has 22 heavy (non-hydrogen) atoms. The maximum Gasteiger partial charge on any atom is 0.180 e. The summed E-state index contributed by atoms with van der Waals surface area (Å²) in [7, 11) is -1.14. The highest BCUT2D eigenvalue weighted by Gasteiger charge is 2.37. The zero-order chi connectivity index (χ0) is 15.0. The van der Waals surface area contributed by atoms with E-state index in [2.05, 4.69) is 10.2 Å². The molecule has 0 saturated carbocycles. The van der Waals surface area contributed by atoms with Crippen molar-refractivity contribution in [3.63, 3.8) is 0 Å². The standard InChI is InChI=1S/C15H21ClN2O2S.ClH/c1-18(9-11-4-6-17-7-5-11)14-10-21(19,20)15-3-2-12(16)8-13(14)15;/h2-3,8,11,14,17H,4-7,9-10H2,1H3;1H. The van der Waals surface area contributed by atoms with Crippen LogP contribution in [0.25, 0.3) is 0 Å². The van der Waals surface area contributed by atoms with E-state index in [1.165, 1.54) is 0 Å². The summed E-state index contributed by atoms with van der Waals surface area (Å²) in [4.78, 5) is 2.64. The van der Waals surface area contributed by atoms with Gasteiger partial charge in [0.1, 0.15) is 0 Å². The number of nitrogens with zero attached hydrogens (tertiary/aromatic N) is 1. The van der Waals surface area contributed by atoms with E-state index in [1.807, 2.05) is 13.1 Å². The molecule has 3 rings (SSSR count). The molecule has 4 nitrogen and oxygen atoms in total. The second-order valence-electron chi connectivity index (χ2n) is 6.11. The van der Waals surface area contributed by atoms with Crippen molar-refractivity contribution in [1.82, 2.24) is 10.2 Å². The lowest BCUT2D eigenvalue weighted by Gasteiger charge is -2.31. The summed E-state index contributed by atoms with van der Waals surface area (Å²) in [5, 5.41) is 3.96. The molecule has 0 bridgehead atoms. The lowest BCUT2D eigenvalue weighted by Crippen LogP contribution is -2.36. The maximum absolute atomic E-state index is 12.3. The quantitative estimate of drug-likeness (QED) is 0.894. The molecule has 2 aliphatic heterocycles. The fraction of sp³-hybridized carbons (Fsp3) is 0.600. The van der Waals surface area contributed by atoms with Crippen molar-refractivity contribution in [3.8, 4) is 0 Å². The van der Waals surface area contributed by atoms with Crippen LogP contribution in [0, 0.1) is 5.92 Å². The van der Waals surface area contributed by atoms with Gasteiger partial charge in [-0.05, 0) is 62.7 Å². The van der Waals surface area contributed by atoms with Gasteiger partial charge in [-0.15, -0.1) is 12.4 Å². The molecule has 1 atom stereocenters. The summed E-state index contributed by atoms with van der Waals surface area (Å²) in [6.45, 7) is 3.06. The first kappa shape index (κ1) is 18.0. The van der Waals surface area contributed by atoms with Crippen molar-refractivity contribution in [2.75, 3.05) is 32.4 Å². The number of nitrogens with one attached hydrogen (secondary N) is 1. The molecule has 0 aliphatic carbocycles. The van der Waals surface area contributed by atoms with Gasteiger partial charge < -0.3 is 5.32 Å². The summed E-state index contributed by atoms with van der Waals surface area (Å²) in [6.07, 6.45) is 2.32. The summed E-state index contributed by atoms with van der Waals surface area (Å²) in [5.41, 5.74) is 0.860. The van der Waals surface area contributed by atoms with Crippen molar-refractivity contribution in [2.24, 2.45) is 5.92 Å². The third-order valence-electron chi connectivity index (χ3n) is 4.58. The second kappa shape index (κ2) is 7.05. The van der Waals surface area contributed by atoms with E-state index >= 15 is 0 Å². The summed E-state index contributed by atoms with van der Waals surface area (Å²) < 4.78 is 24.6. The van der Waals surface area contributed by atoms with Gasteiger partial charge in [0.15, 0.2) is 9.84 Å². The Labute approximate surface area is 143 Å². The number of hydrogen-bond acceptors (Lipinski definition) is 4. The lowest BCUT2D eigenvalue weighted by molar-refractivity contribution is 0.199. The average Bonchev–Trinajstić information content (AvgIpc) is 2.71. The Morgan fingerprint density at radius 3 is 2.68 bits per heavy atom. The van der Waals surface area contributed by atoms with Crippen LogP contribution >= 0.6 is 24.0 Å². The SMILES string of the molecule is CN(CC1CCNCC1)C1CS(=O)(=O)c2ccc(Cl)cc21.Cl. The number of fused-ring (bicyclic) bond motifs is 1. The van der Waals surface area contributed by atoms with Crippen molar-refractivity contribution in [1.29, 1.82) is 0 Å². The van der Waals surface area contributed by atoms with Gasteiger partial charge in [-0.1, -0.05) is 11.6 Å². The first-order valence-electron chi connectivity index (χ1n) is 7.40. The Kier molecular flexibility index (Phi) is 5.78. The van der Waals surface area contributed by atoms with E-state index in [0.717, 1.165) is 38.0 Å². The molecular formula is C15H22Cl2N2O2S. The molecule has 0 amide bonds. The van der Waals surface area contributed by atoms with Gasteiger partial charge in [-0.25, -0.2) is 8.42 Å². The van der Waals surface area contributed by atoms with E-state index < -0.39 is 9.84 Å². The molecule has 1 aromatic rings. The Hall–Kier alpha value is -0.330. The molecular weight excluding hydrogens is 343 g/mol. The highest BCUT2D eigenvalue weighted by atomic mass is 35.5. The molecule has 2 heterocycles. The third kappa shape index (κ3) is 3.60. The minimum atomic E-state index is -3.17. The fourth-order valence-electron chi connectivity index (χ4n) is 3.41.